The van der Waals surface area contributed by atoms with Crippen LogP contribution in [0.5, 0.6) is 0 Å². The molecule has 0 bridgehead atoms. The summed E-state index contributed by atoms with van der Waals surface area (Å²) in [7, 11) is 0. The van der Waals surface area contributed by atoms with Crippen molar-refractivity contribution in [2.24, 2.45) is 5.73 Å². The number of nitrogens with two attached hydrogens (primary N) is 1. The van der Waals surface area contributed by atoms with E-state index >= 15 is 0 Å². The quantitative estimate of drug-likeness (QED) is 0.842. The molecular weight excluding hydrogens is 208 g/mol. The molecule has 3 heteroatoms. The van der Waals surface area contributed by atoms with Crippen LogP contribution in [0.25, 0.3) is 11.1 Å². The third-order valence-corrected chi connectivity index (χ3v) is 2.54. The Bertz CT molecular complexity index is 469. The lowest BCUT2D eigenvalue weighted by Crippen LogP contribution is -1.98. The van der Waals surface area contributed by atoms with E-state index in [4.69, 9.17) is 17.3 Å². The zero-order valence-corrected chi connectivity index (χ0v) is 8.91. The first-order chi connectivity index (χ1) is 7.31. The molecule has 0 saturated carbocycles. The van der Waals surface area contributed by atoms with Gasteiger partial charge in [0.25, 0.3) is 0 Å². The molecule has 0 aliphatic heterocycles. The molecule has 0 atom stereocenters. The van der Waals surface area contributed by atoms with Crippen molar-refractivity contribution in [3.63, 3.8) is 0 Å². The number of rotatable bonds is 2. The Hall–Kier alpha value is -1.38. The largest absolute Gasteiger partial charge is 0.325 e. The van der Waals surface area contributed by atoms with Gasteiger partial charge in [-0.15, -0.1) is 0 Å². The summed E-state index contributed by atoms with van der Waals surface area (Å²) in [5, 5.41) is 0.742. The number of halogens is 1. The molecule has 1 aromatic heterocycles. The van der Waals surface area contributed by atoms with Crippen molar-refractivity contribution >= 4 is 11.6 Å². The van der Waals surface area contributed by atoms with Crippen LogP contribution < -0.4 is 5.73 Å². The first-order valence-electron chi connectivity index (χ1n) is 4.71. The number of hydrogen-bond acceptors (Lipinski definition) is 2. The fourth-order valence-corrected chi connectivity index (χ4v) is 1.70. The number of hydrogen-bond donors (Lipinski definition) is 1. The molecule has 0 unspecified atom stereocenters. The van der Waals surface area contributed by atoms with E-state index in [9.17, 15) is 0 Å². The summed E-state index contributed by atoms with van der Waals surface area (Å²) in [5.41, 5.74) is 8.47. The lowest BCUT2D eigenvalue weighted by Gasteiger charge is -2.05. The minimum Gasteiger partial charge on any atom is -0.325 e. The van der Waals surface area contributed by atoms with Gasteiger partial charge in [0.2, 0.25) is 0 Å². The Balaban J connectivity index is 2.49. The second-order valence-electron chi connectivity index (χ2n) is 3.22. The number of aromatic nitrogens is 1. The van der Waals surface area contributed by atoms with Gasteiger partial charge < -0.3 is 5.73 Å². The molecule has 1 heterocycles. The number of nitrogens with zero attached hydrogens (tertiary/aromatic N) is 1. The zero-order valence-electron chi connectivity index (χ0n) is 8.15. The summed E-state index contributed by atoms with van der Waals surface area (Å²) in [5.74, 6) is 0. The summed E-state index contributed by atoms with van der Waals surface area (Å²) >= 11 is 6.10. The van der Waals surface area contributed by atoms with Gasteiger partial charge in [-0.25, -0.2) is 0 Å². The van der Waals surface area contributed by atoms with Crippen LogP contribution in [-0.2, 0) is 6.54 Å². The highest BCUT2D eigenvalue weighted by molar-refractivity contribution is 6.33. The maximum Gasteiger partial charge on any atom is 0.0545 e. The van der Waals surface area contributed by atoms with Crippen LogP contribution in [0.1, 0.15) is 5.69 Å². The van der Waals surface area contributed by atoms with E-state index in [2.05, 4.69) is 4.98 Å². The Morgan fingerprint density at radius 2 is 2.00 bits per heavy atom. The molecule has 2 N–H and O–H groups in total. The van der Waals surface area contributed by atoms with E-state index < -0.39 is 0 Å². The van der Waals surface area contributed by atoms with Gasteiger partial charge in [-0.1, -0.05) is 29.8 Å². The van der Waals surface area contributed by atoms with Gasteiger partial charge in [0.1, 0.15) is 0 Å². The second-order valence-corrected chi connectivity index (χ2v) is 3.63. The minimum absolute atomic E-state index is 0.443. The standard InChI is InChI=1S/C12H11ClN2/c13-12-4-2-1-3-11(12)9-5-6-15-10(7-9)8-14/h1-7H,8,14H2. The molecule has 1 aromatic carbocycles. The van der Waals surface area contributed by atoms with Crippen LogP contribution in [0.4, 0.5) is 0 Å². The van der Waals surface area contributed by atoms with Gasteiger partial charge >= 0.3 is 0 Å². The molecule has 2 rings (SSSR count). The van der Waals surface area contributed by atoms with Crippen LogP contribution in [0.2, 0.25) is 5.02 Å². The van der Waals surface area contributed by atoms with Crippen molar-refractivity contribution in [3.05, 3.63) is 53.3 Å². The predicted molar refractivity (Wildman–Crippen MR) is 62.6 cm³/mol. The molecule has 0 saturated heterocycles. The van der Waals surface area contributed by atoms with E-state index in [0.29, 0.717) is 6.54 Å². The molecule has 76 valence electrons. The summed E-state index contributed by atoms with van der Waals surface area (Å²) in [4.78, 5) is 4.14. The molecule has 0 spiro atoms. The molecule has 0 amide bonds. The highest BCUT2D eigenvalue weighted by Gasteiger charge is 2.02. The Labute approximate surface area is 93.7 Å². The van der Waals surface area contributed by atoms with Crippen LogP contribution in [0.15, 0.2) is 42.6 Å². The molecular formula is C12H11ClN2. The first kappa shape index (κ1) is 10.1. The van der Waals surface area contributed by atoms with Crippen molar-refractivity contribution in [3.8, 4) is 11.1 Å². The maximum atomic E-state index is 6.10. The number of pyridine rings is 1. The molecule has 0 aliphatic carbocycles. The van der Waals surface area contributed by atoms with Crippen molar-refractivity contribution in [1.29, 1.82) is 0 Å². The molecule has 0 fully saturated rings. The van der Waals surface area contributed by atoms with Gasteiger partial charge in [0.15, 0.2) is 0 Å². The fraction of sp³-hybridized carbons (Fsp3) is 0.0833. The van der Waals surface area contributed by atoms with Crippen molar-refractivity contribution in [1.82, 2.24) is 4.98 Å². The topological polar surface area (TPSA) is 38.9 Å². The average Bonchev–Trinajstić information content (AvgIpc) is 2.30. The van der Waals surface area contributed by atoms with Gasteiger partial charge in [-0.2, -0.15) is 0 Å². The third kappa shape index (κ3) is 2.17. The molecule has 2 aromatic rings. The van der Waals surface area contributed by atoms with Gasteiger partial charge in [-0.3, -0.25) is 4.98 Å². The summed E-state index contributed by atoms with van der Waals surface area (Å²) in [6, 6.07) is 11.6. The van der Waals surface area contributed by atoms with Gasteiger partial charge in [0, 0.05) is 23.3 Å². The van der Waals surface area contributed by atoms with E-state index in [-0.39, 0.29) is 0 Å². The van der Waals surface area contributed by atoms with E-state index in [1.54, 1.807) is 6.20 Å². The summed E-state index contributed by atoms with van der Waals surface area (Å²) < 4.78 is 0. The minimum atomic E-state index is 0.443. The Morgan fingerprint density at radius 3 is 2.73 bits per heavy atom. The second kappa shape index (κ2) is 4.43. The Morgan fingerprint density at radius 1 is 1.20 bits per heavy atom. The summed E-state index contributed by atoms with van der Waals surface area (Å²) in [6.45, 7) is 0.443. The highest BCUT2D eigenvalue weighted by atomic mass is 35.5. The van der Waals surface area contributed by atoms with Crippen LogP contribution in [0.3, 0.4) is 0 Å². The monoisotopic (exact) mass is 218 g/mol. The SMILES string of the molecule is NCc1cc(-c2ccccc2Cl)ccn1. The number of benzene rings is 1. The maximum absolute atomic E-state index is 6.10. The van der Waals surface area contributed by atoms with Gasteiger partial charge in [-0.05, 0) is 23.8 Å². The van der Waals surface area contributed by atoms with Crippen LogP contribution >= 0.6 is 11.6 Å². The van der Waals surface area contributed by atoms with Gasteiger partial charge in [0.05, 0.1) is 5.69 Å². The Kier molecular flexibility index (Phi) is 2.99. The molecule has 0 aliphatic rings. The lowest BCUT2D eigenvalue weighted by molar-refractivity contribution is 0.991. The normalized spacial score (nSPS) is 10.3. The van der Waals surface area contributed by atoms with Crippen molar-refractivity contribution < 1.29 is 0 Å². The zero-order chi connectivity index (χ0) is 10.7. The van der Waals surface area contributed by atoms with E-state index in [1.165, 1.54) is 0 Å². The summed E-state index contributed by atoms with van der Waals surface area (Å²) in [6.07, 6.45) is 1.75. The molecule has 2 nitrogen and oxygen atoms in total. The smallest absolute Gasteiger partial charge is 0.0545 e. The van der Waals surface area contributed by atoms with E-state index in [0.717, 1.165) is 21.8 Å². The fourth-order valence-electron chi connectivity index (χ4n) is 1.45. The van der Waals surface area contributed by atoms with Crippen molar-refractivity contribution in [2.75, 3.05) is 0 Å². The van der Waals surface area contributed by atoms with Crippen LogP contribution in [-0.4, -0.2) is 4.98 Å². The first-order valence-corrected chi connectivity index (χ1v) is 5.09. The van der Waals surface area contributed by atoms with Crippen LogP contribution in [0, 0.1) is 0 Å². The highest BCUT2D eigenvalue weighted by Crippen LogP contribution is 2.27. The third-order valence-electron chi connectivity index (χ3n) is 2.21. The average molecular weight is 219 g/mol. The lowest BCUT2D eigenvalue weighted by atomic mass is 10.1. The van der Waals surface area contributed by atoms with Crippen molar-refractivity contribution in [2.45, 2.75) is 6.54 Å². The van der Waals surface area contributed by atoms with E-state index in [1.807, 2.05) is 36.4 Å². The molecule has 0 radical (unpaired) electrons. The predicted octanol–water partition coefficient (Wildman–Crippen LogP) is 2.86. The molecule has 15 heavy (non-hydrogen) atoms.